The van der Waals surface area contributed by atoms with Crippen molar-refractivity contribution in [1.29, 1.82) is 0 Å². The molecule has 0 radical (unpaired) electrons. The third-order valence-corrected chi connectivity index (χ3v) is 6.27. The van der Waals surface area contributed by atoms with Gasteiger partial charge in [0.1, 0.15) is 0 Å². The quantitative estimate of drug-likeness (QED) is 0.299. The van der Waals surface area contributed by atoms with E-state index in [1.807, 2.05) is 0 Å². The molecule has 0 bridgehead atoms. The Balaban J connectivity index is 1.26. The Kier molecular flexibility index (Phi) is 4.86. The summed E-state index contributed by atoms with van der Waals surface area (Å²) in [6.45, 7) is 0. The van der Waals surface area contributed by atoms with Crippen LogP contribution in [0.15, 0.2) is 133 Å². The zero-order valence-corrected chi connectivity index (χ0v) is 18.2. The molecule has 1 N–H and O–H groups in total. The summed E-state index contributed by atoms with van der Waals surface area (Å²) in [5.41, 5.74) is 7.15. The minimum Gasteiger partial charge on any atom is -0.355 e. The van der Waals surface area contributed by atoms with Crippen molar-refractivity contribution in [3.05, 3.63) is 133 Å². The zero-order valence-electron chi connectivity index (χ0n) is 18.2. The molecule has 0 saturated heterocycles. The first-order valence-electron chi connectivity index (χ1n) is 11.3. The predicted octanol–water partition coefficient (Wildman–Crippen LogP) is 9.07. The molecule has 1 nitrogen and oxygen atoms in total. The normalized spacial score (nSPS) is 11.0. The zero-order chi connectivity index (χ0) is 22.0. The maximum Gasteiger partial charge on any atom is 0.0463 e. The molecule has 0 aliphatic rings. The molecule has 0 atom stereocenters. The lowest BCUT2D eigenvalue weighted by Gasteiger charge is -2.11. The van der Waals surface area contributed by atoms with E-state index in [0.29, 0.717) is 0 Å². The summed E-state index contributed by atoms with van der Waals surface area (Å²) < 4.78 is 0. The van der Waals surface area contributed by atoms with Crippen molar-refractivity contribution in [1.82, 2.24) is 0 Å². The second-order valence-electron chi connectivity index (χ2n) is 8.33. The number of rotatable bonds is 4. The lowest BCUT2D eigenvalue weighted by Crippen LogP contribution is -1.91. The van der Waals surface area contributed by atoms with Gasteiger partial charge < -0.3 is 5.32 Å². The Labute approximate surface area is 194 Å². The summed E-state index contributed by atoms with van der Waals surface area (Å²) in [5, 5.41) is 8.60. The van der Waals surface area contributed by atoms with Gasteiger partial charge in [0.25, 0.3) is 0 Å². The summed E-state index contributed by atoms with van der Waals surface area (Å²) in [6.07, 6.45) is 0. The summed E-state index contributed by atoms with van der Waals surface area (Å²) in [6, 6.07) is 47.4. The highest BCUT2D eigenvalue weighted by molar-refractivity contribution is 5.97. The van der Waals surface area contributed by atoms with Crippen LogP contribution in [0.5, 0.6) is 0 Å². The number of anilines is 2. The highest BCUT2D eigenvalue weighted by atomic mass is 14.9. The fourth-order valence-corrected chi connectivity index (χ4v) is 4.56. The summed E-state index contributed by atoms with van der Waals surface area (Å²) in [5.74, 6) is 0. The molecule has 0 heterocycles. The molecule has 6 rings (SSSR count). The Hall–Kier alpha value is -4.36. The average Bonchev–Trinajstić information content (AvgIpc) is 2.89. The molecule has 33 heavy (non-hydrogen) atoms. The van der Waals surface area contributed by atoms with Gasteiger partial charge in [-0.2, -0.15) is 0 Å². The van der Waals surface area contributed by atoms with E-state index in [4.69, 9.17) is 0 Å². The number of hydrogen-bond acceptors (Lipinski definition) is 1. The van der Waals surface area contributed by atoms with Gasteiger partial charge in [-0.15, -0.1) is 0 Å². The first-order chi connectivity index (χ1) is 16.3. The fourth-order valence-electron chi connectivity index (χ4n) is 4.56. The largest absolute Gasteiger partial charge is 0.355 e. The molecule has 156 valence electrons. The monoisotopic (exact) mass is 421 g/mol. The maximum absolute atomic E-state index is 3.57. The topological polar surface area (TPSA) is 12.0 Å². The number of nitrogens with one attached hydrogen (secondary N) is 1. The SMILES string of the molecule is c1ccc2c(Nc3ccc(-c4ccc(-c5cccc6ccccc56)cc4)cc3)cccc2c1. The Morgan fingerprint density at radius 1 is 0.364 bits per heavy atom. The van der Waals surface area contributed by atoms with Crippen LogP contribution in [0.2, 0.25) is 0 Å². The van der Waals surface area contributed by atoms with Gasteiger partial charge in [-0.05, 0) is 56.6 Å². The second-order valence-corrected chi connectivity index (χ2v) is 8.33. The van der Waals surface area contributed by atoms with Gasteiger partial charge in [0, 0.05) is 16.8 Å². The number of benzene rings is 6. The summed E-state index contributed by atoms with van der Waals surface area (Å²) >= 11 is 0. The van der Waals surface area contributed by atoms with E-state index < -0.39 is 0 Å². The van der Waals surface area contributed by atoms with E-state index in [0.717, 1.165) is 11.4 Å². The van der Waals surface area contributed by atoms with Crippen LogP contribution >= 0.6 is 0 Å². The van der Waals surface area contributed by atoms with Crippen LogP contribution in [-0.4, -0.2) is 0 Å². The lowest BCUT2D eigenvalue weighted by molar-refractivity contribution is 1.56. The molecule has 0 aromatic heterocycles. The first-order valence-corrected chi connectivity index (χ1v) is 11.3. The van der Waals surface area contributed by atoms with Crippen LogP contribution in [0.3, 0.4) is 0 Å². The average molecular weight is 422 g/mol. The van der Waals surface area contributed by atoms with Crippen molar-refractivity contribution in [3.8, 4) is 22.3 Å². The van der Waals surface area contributed by atoms with Gasteiger partial charge in [-0.1, -0.05) is 115 Å². The molecule has 0 aliphatic heterocycles. The van der Waals surface area contributed by atoms with Crippen LogP contribution in [0.4, 0.5) is 11.4 Å². The van der Waals surface area contributed by atoms with Crippen molar-refractivity contribution in [2.24, 2.45) is 0 Å². The van der Waals surface area contributed by atoms with E-state index >= 15 is 0 Å². The standard InChI is InChI=1S/C32H23N/c1-3-11-29-25(7-1)9-5-13-30(29)27-17-15-23(16-18-27)24-19-21-28(22-20-24)33-32-14-6-10-26-8-2-4-12-31(26)32/h1-22,33H. The Morgan fingerprint density at radius 2 is 0.879 bits per heavy atom. The minimum absolute atomic E-state index is 1.09. The van der Waals surface area contributed by atoms with Gasteiger partial charge in [-0.25, -0.2) is 0 Å². The number of hydrogen-bond donors (Lipinski definition) is 1. The van der Waals surface area contributed by atoms with Crippen LogP contribution in [0.25, 0.3) is 43.8 Å². The smallest absolute Gasteiger partial charge is 0.0463 e. The molecular weight excluding hydrogens is 398 g/mol. The first kappa shape index (κ1) is 19.3. The van der Waals surface area contributed by atoms with Gasteiger partial charge in [0.05, 0.1) is 0 Å². The van der Waals surface area contributed by atoms with E-state index in [1.54, 1.807) is 0 Å². The van der Waals surface area contributed by atoms with Crippen molar-refractivity contribution in [2.45, 2.75) is 0 Å². The molecule has 1 heteroatoms. The minimum atomic E-state index is 1.09. The lowest BCUT2D eigenvalue weighted by atomic mass is 9.96. The van der Waals surface area contributed by atoms with Gasteiger partial charge >= 0.3 is 0 Å². The van der Waals surface area contributed by atoms with Crippen LogP contribution in [-0.2, 0) is 0 Å². The predicted molar refractivity (Wildman–Crippen MR) is 142 cm³/mol. The second kappa shape index (κ2) is 8.29. The van der Waals surface area contributed by atoms with Crippen LogP contribution in [0, 0.1) is 0 Å². The molecule has 0 fully saturated rings. The molecule has 6 aromatic carbocycles. The molecule has 6 aromatic rings. The van der Waals surface area contributed by atoms with Gasteiger partial charge in [0.2, 0.25) is 0 Å². The molecule has 0 spiro atoms. The van der Waals surface area contributed by atoms with Crippen LogP contribution in [0.1, 0.15) is 0 Å². The van der Waals surface area contributed by atoms with E-state index in [2.05, 4.69) is 139 Å². The molecular formula is C32H23N. The molecule has 0 unspecified atom stereocenters. The third-order valence-electron chi connectivity index (χ3n) is 6.27. The molecule has 0 aliphatic carbocycles. The highest BCUT2D eigenvalue weighted by Crippen LogP contribution is 2.31. The Bertz CT molecular complexity index is 1550. The van der Waals surface area contributed by atoms with E-state index in [-0.39, 0.29) is 0 Å². The van der Waals surface area contributed by atoms with Crippen molar-refractivity contribution in [3.63, 3.8) is 0 Å². The summed E-state index contributed by atoms with van der Waals surface area (Å²) in [4.78, 5) is 0. The van der Waals surface area contributed by atoms with Crippen molar-refractivity contribution in [2.75, 3.05) is 5.32 Å². The summed E-state index contributed by atoms with van der Waals surface area (Å²) in [7, 11) is 0. The molecule has 0 saturated carbocycles. The Morgan fingerprint density at radius 3 is 1.61 bits per heavy atom. The van der Waals surface area contributed by atoms with Crippen LogP contribution < -0.4 is 5.32 Å². The van der Waals surface area contributed by atoms with E-state index in [9.17, 15) is 0 Å². The molecule has 0 amide bonds. The fraction of sp³-hybridized carbons (Fsp3) is 0. The number of fused-ring (bicyclic) bond motifs is 2. The van der Waals surface area contributed by atoms with Crippen molar-refractivity contribution < 1.29 is 0 Å². The van der Waals surface area contributed by atoms with Gasteiger partial charge in [-0.3, -0.25) is 0 Å². The maximum atomic E-state index is 3.57. The highest BCUT2D eigenvalue weighted by Gasteiger charge is 2.05. The van der Waals surface area contributed by atoms with E-state index in [1.165, 1.54) is 43.8 Å². The van der Waals surface area contributed by atoms with Crippen molar-refractivity contribution >= 4 is 32.9 Å². The third kappa shape index (κ3) is 3.75. The van der Waals surface area contributed by atoms with Gasteiger partial charge in [0.15, 0.2) is 0 Å².